The SMILES string of the molecule is CS(=O)(=O)c1cc(-c2cccc(Cl)c2)oc(=O)c1Cl. The van der Waals surface area contributed by atoms with E-state index < -0.39 is 20.5 Å². The van der Waals surface area contributed by atoms with E-state index in [1.807, 2.05) is 0 Å². The van der Waals surface area contributed by atoms with Crippen LogP contribution in [-0.4, -0.2) is 14.7 Å². The number of sulfone groups is 1. The van der Waals surface area contributed by atoms with Gasteiger partial charge < -0.3 is 4.42 Å². The molecule has 1 heterocycles. The molecule has 0 bridgehead atoms. The van der Waals surface area contributed by atoms with Crippen LogP contribution in [0.15, 0.2) is 44.4 Å². The molecule has 4 nitrogen and oxygen atoms in total. The Kier molecular flexibility index (Phi) is 3.71. The zero-order valence-electron chi connectivity index (χ0n) is 9.68. The van der Waals surface area contributed by atoms with Crippen LogP contribution in [-0.2, 0) is 9.84 Å². The first-order valence-corrected chi connectivity index (χ1v) is 7.73. The van der Waals surface area contributed by atoms with Crippen molar-refractivity contribution in [3.8, 4) is 11.3 Å². The number of hydrogen-bond acceptors (Lipinski definition) is 4. The van der Waals surface area contributed by atoms with Crippen LogP contribution < -0.4 is 5.63 Å². The van der Waals surface area contributed by atoms with Gasteiger partial charge in [0.05, 0.1) is 4.90 Å². The number of benzene rings is 1. The Balaban J connectivity index is 2.74. The van der Waals surface area contributed by atoms with Crippen LogP contribution in [0.25, 0.3) is 11.3 Å². The third kappa shape index (κ3) is 3.00. The van der Waals surface area contributed by atoms with Crippen LogP contribution in [0.1, 0.15) is 0 Å². The Morgan fingerprint density at radius 3 is 2.42 bits per heavy atom. The maximum Gasteiger partial charge on any atom is 0.356 e. The fourth-order valence-corrected chi connectivity index (χ4v) is 2.94. The molecule has 0 N–H and O–H groups in total. The summed E-state index contributed by atoms with van der Waals surface area (Å²) in [5.41, 5.74) is -0.411. The second-order valence-electron chi connectivity index (χ2n) is 3.86. The van der Waals surface area contributed by atoms with Crippen molar-refractivity contribution in [3.05, 3.63) is 50.8 Å². The van der Waals surface area contributed by atoms with Crippen molar-refractivity contribution in [1.82, 2.24) is 0 Å². The van der Waals surface area contributed by atoms with Crippen molar-refractivity contribution in [2.24, 2.45) is 0 Å². The molecule has 0 unspecified atom stereocenters. The van der Waals surface area contributed by atoms with E-state index in [0.29, 0.717) is 10.6 Å². The fraction of sp³-hybridized carbons (Fsp3) is 0.0833. The van der Waals surface area contributed by atoms with E-state index in [1.165, 1.54) is 6.07 Å². The van der Waals surface area contributed by atoms with Crippen molar-refractivity contribution in [2.45, 2.75) is 4.90 Å². The van der Waals surface area contributed by atoms with E-state index in [4.69, 9.17) is 27.6 Å². The molecule has 2 rings (SSSR count). The molecule has 0 spiro atoms. The van der Waals surface area contributed by atoms with Gasteiger partial charge in [0.2, 0.25) is 0 Å². The Bertz CT molecular complexity index is 794. The highest BCUT2D eigenvalue weighted by Gasteiger charge is 2.19. The van der Waals surface area contributed by atoms with Gasteiger partial charge >= 0.3 is 5.63 Å². The molecule has 0 aliphatic carbocycles. The molecule has 0 aliphatic heterocycles. The summed E-state index contributed by atoms with van der Waals surface area (Å²) in [7, 11) is -3.62. The normalized spacial score (nSPS) is 11.5. The summed E-state index contributed by atoms with van der Waals surface area (Å²) in [5.74, 6) is 0.0947. The van der Waals surface area contributed by atoms with Gasteiger partial charge in [0.15, 0.2) is 9.84 Å². The van der Waals surface area contributed by atoms with E-state index in [1.54, 1.807) is 24.3 Å². The molecule has 1 aromatic heterocycles. The van der Waals surface area contributed by atoms with Crippen molar-refractivity contribution >= 4 is 33.0 Å². The maximum atomic E-state index is 11.6. The second-order valence-corrected chi connectivity index (χ2v) is 6.66. The first-order valence-electron chi connectivity index (χ1n) is 5.08. The lowest BCUT2D eigenvalue weighted by molar-refractivity contribution is 0.519. The first-order chi connectivity index (χ1) is 8.79. The third-order valence-electron chi connectivity index (χ3n) is 2.37. The lowest BCUT2D eigenvalue weighted by atomic mass is 10.1. The Labute approximate surface area is 119 Å². The molecule has 7 heteroatoms. The van der Waals surface area contributed by atoms with Crippen LogP contribution >= 0.6 is 23.2 Å². The minimum atomic E-state index is -3.62. The van der Waals surface area contributed by atoms with Crippen molar-refractivity contribution in [2.75, 3.05) is 6.26 Å². The molecule has 2 aromatic rings. The van der Waals surface area contributed by atoms with Gasteiger partial charge in [0, 0.05) is 22.9 Å². The number of halogens is 2. The van der Waals surface area contributed by atoms with Crippen molar-refractivity contribution in [1.29, 1.82) is 0 Å². The lowest BCUT2D eigenvalue weighted by Gasteiger charge is -2.05. The largest absolute Gasteiger partial charge is 0.422 e. The van der Waals surface area contributed by atoms with E-state index in [0.717, 1.165) is 6.26 Å². The average Bonchev–Trinajstić information content (AvgIpc) is 2.31. The van der Waals surface area contributed by atoms with Crippen LogP contribution in [0.2, 0.25) is 10.0 Å². The van der Waals surface area contributed by atoms with Gasteiger partial charge in [-0.05, 0) is 12.1 Å². The predicted molar refractivity (Wildman–Crippen MR) is 73.5 cm³/mol. The van der Waals surface area contributed by atoms with Gasteiger partial charge in [-0.1, -0.05) is 35.3 Å². The number of rotatable bonds is 2. The number of hydrogen-bond donors (Lipinski definition) is 0. The van der Waals surface area contributed by atoms with Crippen LogP contribution in [0.3, 0.4) is 0 Å². The minimum absolute atomic E-state index is 0.0947. The highest BCUT2D eigenvalue weighted by Crippen LogP contribution is 2.26. The minimum Gasteiger partial charge on any atom is -0.422 e. The monoisotopic (exact) mass is 318 g/mol. The Morgan fingerprint density at radius 2 is 1.84 bits per heavy atom. The van der Waals surface area contributed by atoms with Gasteiger partial charge in [-0.25, -0.2) is 13.2 Å². The Hall–Kier alpha value is -1.30. The van der Waals surface area contributed by atoms with Crippen molar-refractivity contribution < 1.29 is 12.8 Å². The topological polar surface area (TPSA) is 64.3 Å². The molecule has 1 aromatic carbocycles. The van der Waals surface area contributed by atoms with Crippen LogP contribution in [0.5, 0.6) is 0 Å². The Morgan fingerprint density at radius 1 is 1.16 bits per heavy atom. The van der Waals surface area contributed by atoms with Gasteiger partial charge in [-0.2, -0.15) is 0 Å². The zero-order valence-corrected chi connectivity index (χ0v) is 12.0. The summed E-state index contributed by atoms with van der Waals surface area (Å²) in [6.07, 6.45) is 0.968. The summed E-state index contributed by atoms with van der Waals surface area (Å²) in [6, 6.07) is 7.72. The van der Waals surface area contributed by atoms with Gasteiger partial charge in [-0.3, -0.25) is 0 Å². The summed E-state index contributed by atoms with van der Waals surface area (Å²) in [4.78, 5) is 11.3. The third-order valence-corrected chi connectivity index (χ3v) is 4.19. The molecule has 0 fully saturated rings. The van der Waals surface area contributed by atoms with Crippen LogP contribution in [0, 0.1) is 0 Å². The van der Waals surface area contributed by atoms with Gasteiger partial charge in [0.25, 0.3) is 0 Å². The first kappa shape index (κ1) is 14.1. The molecule has 100 valence electrons. The second kappa shape index (κ2) is 5.00. The quantitative estimate of drug-likeness (QED) is 0.853. The summed E-state index contributed by atoms with van der Waals surface area (Å²) in [5, 5.41) is -0.00992. The molecular weight excluding hydrogens is 311 g/mol. The molecule has 0 atom stereocenters. The van der Waals surface area contributed by atoms with E-state index in [2.05, 4.69) is 0 Å². The van der Waals surface area contributed by atoms with E-state index >= 15 is 0 Å². The fourth-order valence-electron chi connectivity index (χ4n) is 1.51. The molecular formula is C12H8Cl2O4S. The molecule has 19 heavy (non-hydrogen) atoms. The van der Waals surface area contributed by atoms with Crippen molar-refractivity contribution in [3.63, 3.8) is 0 Å². The standard InChI is InChI=1S/C12H8Cl2O4S/c1-19(16,17)10-6-9(18-12(15)11(10)14)7-3-2-4-8(13)5-7/h2-6H,1H3. The maximum absolute atomic E-state index is 11.6. The average molecular weight is 319 g/mol. The molecule has 0 radical (unpaired) electrons. The molecule has 0 amide bonds. The summed E-state index contributed by atoms with van der Waals surface area (Å²) >= 11 is 11.5. The summed E-state index contributed by atoms with van der Waals surface area (Å²) in [6.45, 7) is 0. The van der Waals surface area contributed by atoms with Gasteiger partial charge in [0.1, 0.15) is 10.8 Å². The lowest BCUT2D eigenvalue weighted by Crippen LogP contribution is -2.08. The molecule has 0 saturated heterocycles. The predicted octanol–water partition coefficient (Wildman–Crippen LogP) is 3.02. The zero-order chi connectivity index (χ0) is 14.2. The highest BCUT2D eigenvalue weighted by molar-refractivity contribution is 7.90. The molecule has 0 aliphatic rings. The smallest absolute Gasteiger partial charge is 0.356 e. The van der Waals surface area contributed by atoms with E-state index in [-0.39, 0.29) is 10.7 Å². The van der Waals surface area contributed by atoms with E-state index in [9.17, 15) is 13.2 Å². The highest BCUT2D eigenvalue weighted by atomic mass is 35.5. The summed E-state index contributed by atoms with van der Waals surface area (Å²) < 4.78 is 28.1. The van der Waals surface area contributed by atoms with Crippen LogP contribution in [0.4, 0.5) is 0 Å². The van der Waals surface area contributed by atoms with Gasteiger partial charge in [-0.15, -0.1) is 0 Å². The molecule has 0 saturated carbocycles.